The summed E-state index contributed by atoms with van der Waals surface area (Å²) in [5, 5.41) is 19.3. The first-order valence-corrected chi connectivity index (χ1v) is 6.78. The fraction of sp³-hybridized carbons (Fsp3) is 0.467. The van der Waals surface area contributed by atoms with Crippen molar-refractivity contribution in [2.24, 2.45) is 0 Å². The van der Waals surface area contributed by atoms with E-state index in [1.807, 2.05) is 6.07 Å². The number of carbonyl (C=O) groups is 2. The number of carboxylic acid groups (broad SMARTS) is 1. The summed E-state index contributed by atoms with van der Waals surface area (Å²) in [5.41, 5.74) is -0.0428. The van der Waals surface area contributed by atoms with E-state index >= 15 is 0 Å². The number of hydrogen-bond acceptors (Lipinski definition) is 6. The second-order valence-corrected chi connectivity index (χ2v) is 5.65. The van der Waals surface area contributed by atoms with E-state index in [1.165, 1.54) is 0 Å². The van der Waals surface area contributed by atoms with Crippen LogP contribution in [0.4, 0.5) is 4.79 Å². The van der Waals surface area contributed by atoms with Gasteiger partial charge in [0.25, 0.3) is 0 Å². The van der Waals surface area contributed by atoms with Gasteiger partial charge in [0.15, 0.2) is 6.04 Å². The van der Waals surface area contributed by atoms with E-state index in [2.05, 4.69) is 0 Å². The van der Waals surface area contributed by atoms with Gasteiger partial charge < -0.3 is 19.8 Å². The number of carbonyl (C=O) groups excluding carboxylic acids is 1. The van der Waals surface area contributed by atoms with Gasteiger partial charge in [0, 0.05) is 0 Å². The quantitative estimate of drug-likeness (QED) is 0.611. The summed E-state index contributed by atoms with van der Waals surface area (Å²) in [6.45, 7) is 4.30. The molecule has 22 heavy (non-hydrogen) atoms. The van der Waals surface area contributed by atoms with Gasteiger partial charge in [-0.05, 0) is 26.3 Å². The van der Waals surface area contributed by atoms with Crippen LogP contribution >= 0.6 is 0 Å². The minimum atomic E-state index is -1.38. The molecular weight excluding hydrogens is 290 g/mol. The van der Waals surface area contributed by atoms with Gasteiger partial charge >= 0.3 is 12.1 Å². The van der Waals surface area contributed by atoms with Gasteiger partial charge in [0.2, 0.25) is 0 Å². The lowest BCUT2D eigenvalue weighted by Crippen LogP contribution is -2.45. The van der Waals surface area contributed by atoms with Crippen LogP contribution in [-0.2, 0) is 20.9 Å². The van der Waals surface area contributed by atoms with Crippen LogP contribution in [0.15, 0.2) is 30.3 Å². The lowest BCUT2D eigenvalue weighted by Gasteiger charge is -2.27. The van der Waals surface area contributed by atoms with Gasteiger partial charge in [-0.25, -0.2) is 4.79 Å². The molecule has 7 heteroatoms. The molecule has 0 heterocycles. The first-order valence-electron chi connectivity index (χ1n) is 6.78. The molecule has 0 saturated carbocycles. The third kappa shape index (κ3) is 6.11. The van der Waals surface area contributed by atoms with Gasteiger partial charge in [-0.2, -0.15) is 0 Å². The molecule has 1 aromatic carbocycles. The smallest absolute Gasteiger partial charge is 0.480 e. The molecule has 2 N–H and O–H groups in total. The molecule has 0 aromatic heterocycles. The summed E-state index contributed by atoms with van der Waals surface area (Å²) < 4.78 is 5.00. The molecule has 0 aliphatic rings. The zero-order valence-corrected chi connectivity index (χ0v) is 12.9. The molecule has 0 radical (unpaired) electrons. The summed E-state index contributed by atoms with van der Waals surface area (Å²) in [7, 11) is 0. The zero-order chi connectivity index (χ0) is 16.8. The topological polar surface area (TPSA) is 96.3 Å². The highest BCUT2D eigenvalue weighted by Crippen LogP contribution is 2.13. The summed E-state index contributed by atoms with van der Waals surface area (Å²) in [4.78, 5) is 27.9. The van der Waals surface area contributed by atoms with Crippen LogP contribution in [0.2, 0.25) is 0 Å². The maximum atomic E-state index is 11.7. The second kappa shape index (κ2) is 7.77. The van der Waals surface area contributed by atoms with Gasteiger partial charge in [-0.3, -0.25) is 4.79 Å². The molecule has 1 atom stereocenters. The number of nitrogens with zero attached hydrogens (tertiary/aromatic N) is 1. The van der Waals surface area contributed by atoms with Crippen LogP contribution in [0.3, 0.4) is 0 Å². The van der Waals surface area contributed by atoms with Crippen molar-refractivity contribution in [3.63, 3.8) is 0 Å². The Hall–Kier alpha value is -2.12. The second-order valence-electron chi connectivity index (χ2n) is 5.65. The molecule has 1 aromatic rings. The fourth-order valence-corrected chi connectivity index (χ4v) is 1.63. The zero-order valence-electron chi connectivity index (χ0n) is 12.9. The van der Waals surface area contributed by atoms with Crippen LogP contribution in [0, 0.1) is 0 Å². The summed E-state index contributed by atoms with van der Waals surface area (Å²) >= 11 is 0. The Balaban J connectivity index is 2.86. The van der Waals surface area contributed by atoms with Crippen LogP contribution < -0.4 is 0 Å². The minimum absolute atomic E-state index is 0.0115. The molecule has 0 fully saturated rings. The number of aliphatic hydroxyl groups is 1. The van der Waals surface area contributed by atoms with E-state index < -0.39 is 30.4 Å². The minimum Gasteiger partial charge on any atom is -0.480 e. The fourth-order valence-electron chi connectivity index (χ4n) is 1.63. The molecule has 7 nitrogen and oxygen atoms in total. The van der Waals surface area contributed by atoms with Crippen LogP contribution in [0.1, 0.15) is 26.3 Å². The first kappa shape index (κ1) is 17.9. The Bertz CT molecular complexity index is 497. The van der Waals surface area contributed by atoms with Crippen LogP contribution in [-0.4, -0.2) is 45.7 Å². The largest absolute Gasteiger partial charge is 0.528 e. The lowest BCUT2D eigenvalue weighted by molar-refractivity contribution is -0.192. The van der Waals surface area contributed by atoms with Gasteiger partial charge in [-0.15, -0.1) is 5.06 Å². The van der Waals surface area contributed by atoms with E-state index in [0.717, 1.165) is 10.6 Å². The van der Waals surface area contributed by atoms with Crippen molar-refractivity contribution >= 4 is 12.1 Å². The van der Waals surface area contributed by atoms with Gasteiger partial charge in [0.1, 0.15) is 5.60 Å². The standard InChI is InChI=1S/C15H21NO6/c1-15(2,3)21-14(20)22-16(12(10-17)13(18)19)9-11-7-5-4-6-8-11/h4-8,12,17H,9-10H2,1-3H3,(H,18,19)/t12-/m0/s1. The average molecular weight is 311 g/mol. The molecule has 122 valence electrons. The molecule has 0 bridgehead atoms. The van der Waals surface area contributed by atoms with Crippen molar-refractivity contribution in [3.05, 3.63) is 35.9 Å². The van der Waals surface area contributed by atoms with Crippen LogP contribution in [0.5, 0.6) is 0 Å². The summed E-state index contributed by atoms with van der Waals surface area (Å²) in [5.74, 6) is -1.30. The van der Waals surface area contributed by atoms with Crippen molar-refractivity contribution in [2.45, 2.75) is 39.0 Å². The molecule has 0 aliphatic carbocycles. The maximum Gasteiger partial charge on any atom is 0.528 e. The Morgan fingerprint density at radius 3 is 2.27 bits per heavy atom. The Kier molecular flexibility index (Phi) is 6.33. The number of hydrogen-bond donors (Lipinski definition) is 2. The van der Waals surface area contributed by atoms with Crippen molar-refractivity contribution < 1.29 is 29.4 Å². The lowest BCUT2D eigenvalue weighted by atomic mass is 10.2. The van der Waals surface area contributed by atoms with Gasteiger partial charge in [0.05, 0.1) is 13.2 Å². The van der Waals surface area contributed by atoms with E-state index in [-0.39, 0.29) is 6.54 Å². The van der Waals surface area contributed by atoms with Crippen molar-refractivity contribution in [2.75, 3.05) is 6.61 Å². The molecule has 0 amide bonds. The number of aliphatic carboxylic acids is 1. The van der Waals surface area contributed by atoms with E-state index in [1.54, 1.807) is 45.0 Å². The number of benzene rings is 1. The van der Waals surface area contributed by atoms with Crippen molar-refractivity contribution in [1.82, 2.24) is 5.06 Å². The van der Waals surface area contributed by atoms with Crippen molar-refractivity contribution in [1.29, 1.82) is 0 Å². The molecule has 0 unspecified atom stereocenters. The normalized spacial score (nSPS) is 12.8. The van der Waals surface area contributed by atoms with E-state index in [0.29, 0.717) is 0 Å². The number of ether oxygens (including phenoxy) is 1. The number of rotatable bonds is 6. The predicted molar refractivity (Wildman–Crippen MR) is 77.8 cm³/mol. The Labute approximate surface area is 129 Å². The summed E-state index contributed by atoms with van der Waals surface area (Å²) in [6.07, 6.45) is -1.02. The average Bonchev–Trinajstić information content (AvgIpc) is 2.37. The number of aliphatic hydroxyl groups excluding tert-OH is 1. The van der Waals surface area contributed by atoms with Crippen molar-refractivity contribution in [3.8, 4) is 0 Å². The Morgan fingerprint density at radius 2 is 1.82 bits per heavy atom. The third-order valence-electron chi connectivity index (χ3n) is 2.57. The molecule has 1 rings (SSSR count). The van der Waals surface area contributed by atoms with E-state index in [4.69, 9.17) is 14.7 Å². The highest BCUT2D eigenvalue weighted by atomic mass is 16.8. The number of hydroxylamine groups is 2. The monoisotopic (exact) mass is 311 g/mol. The van der Waals surface area contributed by atoms with Crippen LogP contribution in [0.25, 0.3) is 0 Å². The predicted octanol–water partition coefficient (Wildman–Crippen LogP) is 1.80. The third-order valence-corrected chi connectivity index (χ3v) is 2.57. The Morgan fingerprint density at radius 1 is 1.23 bits per heavy atom. The SMILES string of the molecule is CC(C)(C)OC(=O)ON(Cc1ccccc1)[C@@H](CO)C(=O)O. The van der Waals surface area contributed by atoms with Gasteiger partial charge in [-0.1, -0.05) is 30.3 Å². The highest BCUT2D eigenvalue weighted by Gasteiger charge is 2.30. The maximum absolute atomic E-state index is 11.7. The summed E-state index contributed by atoms with van der Waals surface area (Å²) in [6, 6.07) is 7.48. The molecule has 0 aliphatic heterocycles. The highest BCUT2D eigenvalue weighted by molar-refractivity contribution is 5.73. The first-order chi connectivity index (χ1) is 10.2. The van der Waals surface area contributed by atoms with E-state index in [9.17, 15) is 14.7 Å². The molecule has 0 spiro atoms. The number of carboxylic acids is 1. The molecule has 0 saturated heterocycles. The molecular formula is C15H21NO6.